The van der Waals surface area contributed by atoms with Crippen molar-refractivity contribution in [3.05, 3.63) is 210 Å². The second-order valence-electron chi connectivity index (χ2n) is 12.3. The van der Waals surface area contributed by atoms with Gasteiger partial charge in [-0.05, 0) is 46.0 Å². The molecular formula is C45H31N3. The van der Waals surface area contributed by atoms with Crippen LogP contribution in [0.1, 0.15) is 27.8 Å². The van der Waals surface area contributed by atoms with Gasteiger partial charge in [-0.25, -0.2) is 4.99 Å². The van der Waals surface area contributed by atoms with Gasteiger partial charge in [0.2, 0.25) is 0 Å². The van der Waals surface area contributed by atoms with E-state index in [4.69, 9.17) is 4.99 Å². The molecule has 0 amide bonds. The predicted octanol–water partition coefficient (Wildman–Crippen LogP) is 10.8. The monoisotopic (exact) mass is 613 g/mol. The van der Waals surface area contributed by atoms with Gasteiger partial charge in [-0.1, -0.05) is 164 Å². The number of nitrogens with one attached hydrogen (secondary N) is 1. The highest BCUT2D eigenvalue weighted by Gasteiger charge is 2.48. The van der Waals surface area contributed by atoms with E-state index in [1.807, 2.05) is 60.7 Å². The number of para-hydroxylation sites is 2. The molecule has 1 heterocycles. The van der Waals surface area contributed by atoms with Crippen molar-refractivity contribution in [3.63, 3.8) is 0 Å². The van der Waals surface area contributed by atoms with Crippen molar-refractivity contribution < 1.29 is 0 Å². The number of hydrogen-bond donors (Lipinski definition) is 1. The molecule has 0 saturated carbocycles. The van der Waals surface area contributed by atoms with Gasteiger partial charge in [0.15, 0.2) is 5.84 Å². The van der Waals surface area contributed by atoms with Crippen LogP contribution >= 0.6 is 0 Å². The van der Waals surface area contributed by atoms with E-state index in [9.17, 15) is 5.41 Å². The van der Waals surface area contributed by atoms with Gasteiger partial charge in [0.05, 0.1) is 22.1 Å². The second-order valence-corrected chi connectivity index (χ2v) is 12.3. The Morgan fingerprint density at radius 2 is 1.06 bits per heavy atom. The maximum Gasteiger partial charge on any atom is 0.156 e. The van der Waals surface area contributed by atoms with Gasteiger partial charge >= 0.3 is 0 Å². The molecule has 7 aromatic carbocycles. The van der Waals surface area contributed by atoms with Crippen LogP contribution in [0.3, 0.4) is 0 Å². The van der Waals surface area contributed by atoms with Crippen molar-refractivity contribution in [2.24, 2.45) is 4.99 Å². The molecule has 1 aromatic heterocycles. The van der Waals surface area contributed by atoms with Crippen molar-refractivity contribution in [1.29, 1.82) is 5.41 Å². The summed E-state index contributed by atoms with van der Waals surface area (Å²) in [5.41, 5.74) is 10.9. The fourth-order valence-electron chi connectivity index (χ4n) is 7.80. The number of rotatable bonds is 5. The van der Waals surface area contributed by atoms with E-state index in [1.165, 1.54) is 33.4 Å². The summed E-state index contributed by atoms with van der Waals surface area (Å²) in [5, 5.41) is 12.4. The Morgan fingerprint density at radius 1 is 0.500 bits per heavy atom. The Bertz CT molecular complexity index is 2450. The topological polar surface area (TPSA) is 41.1 Å². The molecule has 0 saturated heterocycles. The molecule has 0 unspecified atom stereocenters. The van der Waals surface area contributed by atoms with Gasteiger partial charge in [0.25, 0.3) is 0 Å². The van der Waals surface area contributed by atoms with Gasteiger partial charge in [0, 0.05) is 21.9 Å². The third-order valence-corrected chi connectivity index (χ3v) is 9.74. The number of nitrogens with zero attached hydrogens (tertiary/aromatic N) is 2. The first kappa shape index (κ1) is 27.9. The Balaban J connectivity index is 1.46. The third kappa shape index (κ3) is 4.08. The quantitative estimate of drug-likeness (QED) is 0.148. The molecular weight excluding hydrogens is 583 g/mol. The molecule has 48 heavy (non-hydrogen) atoms. The Kier molecular flexibility index (Phi) is 6.51. The van der Waals surface area contributed by atoms with Crippen LogP contribution in [0.15, 0.2) is 187 Å². The maximum absolute atomic E-state index is 10.1. The van der Waals surface area contributed by atoms with E-state index >= 15 is 0 Å². The van der Waals surface area contributed by atoms with Crippen molar-refractivity contribution in [2.45, 2.75) is 5.41 Å². The van der Waals surface area contributed by atoms with E-state index in [1.54, 1.807) is 0 Å². The molecule has 0 fully saturated rings. The fourth-order valence-corrected chi connectivity index (χ4v) is 7.80. The number of aliphatic imine (C=N–C) groups is 1. The number of fused-ring (bicyclic) bond motifs is 7. The number of benzene rings is 7. The summed E-state index contributed by atoms with van der Waals surface area (Å²) in [6.07, 6.45) is 0. The first-order valence-corrected chi connectivity index (χ1v) is 16.3. The Morgan fingerprint density at radius 3 is 1.75 bits per heavy atom. The lowest BCUT2D eigenvalue weighted by molar-refractivity contribution is 0.772. The molecule has 3 heteroatoms. The number of aromatic nitrogens is 1. The third-order valence-electron chi connectivity index (χ3n) is 9.74. The first-order valence-electron chi connectivity index (χ1n) is 16.3. The van der Waals surface area contributed by atoms with Crippen LogP contribution in [0.25, 0.3) is 32.9 Å². The largest absolute Gasteiger partial charge is 0.292 e. The molecule has 0 radical (unpaired) electrons. The zero-order chi connectivity index (χ0) is 32.1. The van der Waals surface area contributed by atoms with Crippen molar-refractivity contribution >= 4 is 39.0 Å². The van der Waals surface area contributed by atoms with Crippen molar-refractivity contribution in [2.75, 3.05) is 0 Å². The normalized spacial score (nSPS) is 13.4. The summed E-state index contributed by atoms with van der Waals surface area (Å²) in [6.45, 7) is 0. The fraction of sp³-hybridized carbons (Fsp3) is 0.0222. The summed E-state index contributed by atoms with van der Waals surface area (Å²) >= 11 is 0. The van der Waals surface area contributed by atoms with Gasteiger partial charge in [-0.15, -0.1) is 0 Å². The molecule has 1 N–H and O–H groups in total. The molecule has 226 valence electrons. The summed E-state index contributed by atoms with van der Waals surface area (Å²) in [6, 6.07) is 63.6. The summed E-state index contributed by atoms with van der Waals surface area (Å²) in [5.74, 6) is 0.329. The average molecular weight is 614 g/mol. The molecule has 0 spiro atoms. The van der Waals surface area contributed by atoms with E-state index in [-0.39, 0.29) is 0 Å². The van der Waals surface area contributed by atoms with Crippen LogP contribution in [0.2, 0.25) is 0 Å². The number of hydrogen-bond acceptors (Lipinski definition) is 2. The van der Waals surface area contributed by atoms with Gasteiger partial charge in [-0.3, -0.25) is 9.98 Å². The van der Waals surface area contributed by atoms with E-state index < -0.39 is 5.41 Å². The standard InChI is InChI=1S/C45H31N3/c46-44(42(31-17-5-1-6-18-31)47-34-23-11-4-12-24-34)48-40-28-16-14-26-36(40)38-30-29-37-35-25-13-15-27-39(35)45(41(37)43(38)48,32-19-7-2-8-20-32)33-21-9-3-10-22-33/h1-30,46H/b46-44?,47-42-. The van der Waals surface area contributed by atoms with Crippen molar-refractivity contribution in [3.8, 4) is 11.1 Å². The van der Waals surface area contributed by atoms with Crippen LogP contribution in [-0.4, -0.2) is 16.1 Å². The van der Waals surface area contributed by atoms with Crippen LogP contribution in [0.5, 0.6) is 0 Å². The van der Waals surface area contributed by atoms with Gasteiger partial charge < -0.3 is 0 Å². The lowest BCUT2D eigenvalue weighted by Crippen LogP contribution is -2.30. The molecule has 0 aliphatic heterocycles. The Hall–Kier alpha value is -6.32. The smallest absolute Gasteiger partial charge is 0.156 e. The molecule has 8 aromatic rings. The minimum atomic E-state index is -0.621. The van der Waals surface area contributed by atoms with E-state index in [0.29, 0.717) is 11.5 Å². The zero-order valence-corrected chi connectivity index (χ0v) is 26.2. The highest BCUT2D eigenvalue weighted by molar-refractivity contribution is 6.49. The molecule has 0 atom stereocenters. The summed E-state index contributed by atoms with van der Waals surface area (Å²) in [4.78, 5) is 5.16. The SMILES string of the molecule is N=C(/C(=N\c1ccccc1)c1ccccc1)n1c2ccccc2c2ccc3c(c21)C(c1ccccc1)(c1ccccc1)c1ccccc1-3. The maximum atomic E-state index is 10.1. The van der Waals surface area contributed by atoms with Crippen LogP contribution < -0.4 is 0 Å². The predicted molar refractivity (Wildman–Crippen MR) is 199 cm³/mol. The molecule has 0 bridgehead atoms. The first-order chi connectivity index (χ1) is 23.8. The minimum Gasteiger partial charge on any atom is -0.292 e. The van der Waals surface area contributed by atoms with Crippen LogP contribution in [0.4, 0.5) is 5.69 Å². The molecule has 1 aliphatic rings. The highest BCUT2D eigenvalue weighted by Crippen LogP contribution is 2.58. The summed E-state index contributed by atoms with van der Waals surface area (Å²) < 4.78 is 2.16. The second kappa shape index (κ2) is 11.2. The van der Waals surface area contributed by atoms with Gasteiger partial charge in [0.1, 0.15) is 5.71 Å². The van der Waals surface area contributed by atoms with Gasteiger partial charge in [-0.2, -0.15) is 0 Å². The van der Waals surface area contributed by atoms with E-state index in [2.05, 4.69) is 126 Å². The summed E-state index contributed by atoms with van der Waals surface area (Å²) in [7, 11) is 0. The zero-order valence-electron chi connectivity index (χ0n) is 26.2. The molecule has 9 rings (SSSR count). The average Bonchev–Trinajstić information content (AvgIpc) is 3.66. The highest BCUT2D eigenvalue weighted by atomic mass is 15.1. The van der Waals surface area contributed by atoms with Crippen molar-refractivity contribution in [1.82, 2.24) is 4.57 Å². The lowest BCUT2D eigenvalue weighted by atomic mass is 9.67. The van der Waals surface area contributed by atoms with Crippen LogP contribution in [0, 0.1) is 5.41 Å². The molecule has 1 aliphatic carbocycles. The Labute approximate surface area is 279 Å². The molecule has 3 nitrogen and oxygen atoms in total. The minimum absolute atomic E-state index is 0.329. The lowest BCUT2D eigenvalue weighted by Gasteiger charge is -2.34. The van der Waals surface area contributed by atoms with Crippen LogP contribution in [-0.2, 0) is 5.41 Å². The van der Waals surface area contributed by atoms with E-state index in [0.717, 1.165) is 33.1 Å².